The van der Waals surface area contributed by atoms with Crippen LogP contribution in [0.25, 0.3) is 0 Å². The lowest BCUT2D eigenvalue weighted by atomic mass is 10.1. The highest BCUT2D eigenvalue weighted by atomic mass is 16.5. The predicted molar refractivity (Wildman–Crippen MR) is 85.9 cm³/mol. The molecule has 23 heavy (non-hydrogen) atoms. The summed E-state index contributed by atoms with van der Waals surface area (Å²) in [6.45, 7) is 2.77. The van der Waals surface area contributed by atoms with Crippen molar-refractivity contribution < 1.29 is 14.3 Å². The average Bonchev–Trinajstić information content (AvgIpc) is 2.55. The van der Waals surface area contributed by atoms with E-state index in [2.05, 4.69) is 0 Å². The molecule has 0 unspecified atom stereocenters. The zero-order valence-electron chi connectivity index (χ0n) is 13.2. The van der Waals surface area contributed by atoms with E-state index in [-0.39, 0.29) is 18.6 Å². The Bertz CT molecular complexity index is 591. The number of nitrogens with two attached hydrogens (primary N) is 1. The fourth-order valence-electron chi connectivity index (χ4n) is 1.93. The Morgan fingerprint density at radius 3 is 2.57 bits per heavy atom. The molecule has 1 aromatic carbocycles. The van der Waals surface area contributed by atoms with Crippen LogP contribution in [0.5, 0.6) is 0 Å². The molecule has 0 spiro atoms. The van der Waals surface area contributed by atoms with Crippen LogP contribution in [-0.4, -0.2) is 36.5 Å². The molecular formula is C17H21N3O3. The molecule has 0 saturated heterocycles. The summed E-state index contributed by atoms with van der Waals surface area (Å²) >= 11 is 0. The number of carbonyl (C=O) groups is 2. The molecule has 1 rings (SSSR count). The summed E-state index contributed by atoms with van der Waals surface area (Å²) in [5.74, 6) is -1.10. The van der Waals surface area contributed by atoms with Crippen molar-refractivity contribution in [1.82, 2.24) is 4.90 Å². The molecule has 1 amide bonds. The van der Waals surface area contributed by atoms with E-state index >= 15 is 0 Å². The van der Waals surface area contributed by atoms with E-state index < -0.39 is 11.9 Å². The molecule has 0 aliphatic rings. The number of benzene rings is 1. The minimum Gasteiger partial charge on any atom is -0.462 e. The van der Waals surface area contributed by atoms with E-state index in [1.807, 2.05) is 36.4 Å². The van der Waals surface area contributed by atoms with Gasteiger partial charge in [0.25, 0.3) is 0 Å². The summed E-state index contributed by atoms with van der Waals surface area (Å²) in [7, 11) is 0. The normalized spacial score (nSPS) is 10.7. The lowest BCUT2D eigenvalue weighted by molar-refractivity contribution is -0.138. The number of hydrogen-bond donors (Lipinski definition) is 1. The summed E-state index contributed by atoms with van der Waals surface area (Å²) in [6, 6.07) is 11.6. The number of amides is 1. The summed E-state index contributed by atoms with van der Waals surface area (Å²) in [4.78, 5) is 24.4. The number of rotatable bonds is 9. The second kappa shape index (κ2) is 10.0. The molecular weight excluding hydrogens is 294 g/mol. The largest absolute Gasteiger partial charge is 0.462 e. The molecule has 6 heteroatoms. The van der Waals surface area contributed by atoms with Gasteiger partial charge < -0.3 is 15.4 Å². The van der Waals surface area contributed by atoms with Gasteiger partial charge in [0.2, 0.25) is 5.91 Å². The molecule has 0 bridgehead atoms. The highest BCUT2D eigenvalue weighted by molar-refractivity contribution is 5.92. The van der Waals surface area contributed by atoms with Gasteiger partial charge in [0.15, 0.2) is 5.57 Å². The first-order valence-electron chi connectivity index (χ1n) is 7.42. The van der Waals surface area contributed by atoms with Crippen LogP contribution >= 0.6 is 0 Å². The zero-order chi connectivity index (χ0) is 17.1. The van der Waals surface area contributed by atoms with E-state index in [0.29, 0.717) is 13.1 Å². The number of hydrogen-bond acceptors (Lipinski definition) is 5. The van der Waals surface area contributed by atoms with Gasteiger partial charge in [-0.1, -0.05) is 30.3 Å². The minimum absolute atomic E-state index is 0.0932. The van der Waals surface area contributed by atoms with Crippen molar-refractivity contribution >= 4 is 11.9 Å². The van der Waals surface area contributed by atoms with Gasteiger partial charge >= 0.3 is 5.97 Å². The lowest BCUT2D eigenvalue weighted by Crippen LogP contribution is -2.27. The van der Waals surface area contributed by atoms with Crippen molar-refractivity contribution in [3.8, 4) is 6.07 Å². The quantitative estimate of drug-likeness (QED) is 0.422. The van der Waals surface area contributed by atoms with Crippen LogP contribution in [0.2, 0.25) is 0 Å². The molecule has 0 aromatic heterocycles. The Hall–Kier alpha value is -2.81. The van der Waals surface area contributed by atoms with Crippen molar-refractivity contribution in [1.29, 1.82) is 5.26 Å². The molecule has 0 fully saturated rings. The van der Waals surface area contributed by atoms with Gasteiger partial charge in [-0.25, -0.2) is 4.79 Å². The fraction of sp³-hybridized carbons (Fsp3) is 0.353. The summed E-state index contributed by atoms with van der Waals surface area (Å²) in [6.07, 6.45) is 2.30. The smallest absolute Gasteiger partial charge is 0.350 e. The number of nitrogens with zero attached hydrogens (tertiary/aromatic N) is 2. The van der Waals surface area contributed by atoms with E-state index in [1.165, 1.54) is 6.20 Å². The number of ether oxygens (including phenoxy) is 1. The van der Waals surface area contributed by atoms with E-state index in [1.54, 1.807) is 11.8 Å². The van der Waals surface area contributed by atoms with Crippen molar-refractivity contribution in [2.75, 3.05) is 19.7 Å². The molecule has 0 aliphatic carbocycles. The number of nitriles is 1. The van der Waals surface area contributed by atoms with Crippen LogP contribution < -0.4 is 5.73 Å². The van der Waals surface area contributed by atoms with E-state index in [4.69, 9.17) is 15.7 Å². The van der Waals surface area contributed by atoms with Gasteiger partial charge in [-0.05, 0) is 18.9 Å². The second-order valence-corrected chi connectivity index (χ2v) is 4.86. The Labute approximate surface area is 136 Å². The topological polar surface area (TPSA) is 96.4 Å². The molecule has 2 N–H and O–H groups in total. The molecule has 0 aliphatic heterocycles. The summed E-state index contributed by atoms with van der Waals surface area (Å²) in [5.41, 5.74) is 6.21. The highest BCUT2D eigenvalue weighted by Gasteiger charge is 2.13. The Kier molecular flexibility index (Phi) is 7.94. The number of esters is 1. The van der Waals surface area contributed by atoms with Gasteiger partial charge in [0, 0.05) is 25.7 Å². The first-order valence-corrected chi connectivity index (χ1v) is 7.42. The predicted octanol–water partition coefficient (Wildman–Crippen LogP) is 1.38. The van der Waals surface area contributed by atoms with Crippen molar-refractivity contribution in [3.63, 3.8) is 0 Å². The van der Waals surface area contributed by atoms with Crippen molar-refractivity contribution in [2.24, 2.45) is 5.73 Å². The zero-order valence-corrected chi connectivity index (χ0v) is 13.2. The van der Waals surface area contributed by atoms with Gasteiger partial charge in [0.1, 0.15) is 6.07 Å². The number of primary amides is 1. The van der Waals surface area contributed by atoms with Crippen LogP contribution in [0.3, 0.4) is 0 Å². The van der Waals surface area contributed by atoms with Crippen molar-refractivity contribution in [2.45, 2.75) is 19.8 Å². The second-order valence-electron chi connectivity index (χ2n) is 4.86. The van der Waals surface area contributed by atoms with Gasteiger partial charge in [0.05, 0.1) is 6.61 Å². The van der Waals surface area contributed by atoms with Crippen molar-refractivity contribution in [3.05, 3.63) is 47.7 Å². The van der Waals surface area contributed by atoms with E-state index in [9.17, 15) is 9.59 Å². The SMILES string of the molecule is CCOC(=O)/C(C#N)=C/N(CCC(N)=O)CCc1ccccc1. The Morgan fingerprint density at radius 1 is 1.30 bits per heavy atom. The van der Waals surface area contributed by atoms with Crippen LogP contribution in [0, 0.1) is 11.3 Å². The summed E-state index contributed by atoms with van der Waals surface area (Å²) in [5, 5.41) is 9.10. The third-order valence-electron chi connectivity index (χ3n) is 3.10. The summed E-state index contributed by atoms with van der Waals surface area (Å²) < 4.78 is 4.84. The molecule has 122 valence electrons. The third kappa shape index (κ3) is 7.14. The maximum absolute atomic E-state index is 11.7. The molecule has 0 heterocycles. The van der Waals surface area contributed by atoms with E-state index in [0.717, 1.165) is 12.0 Å². The maximum atomic E-state index is 11.7. The molecule has 0 atom stereocenters. The average molecular weight is 315 g/mol. The van der Waals surface area contributed by atoms with Crippen LogP contribution in [0.4, 0.5) is 0 Å². The van der Waals surface area contributed by atoms with Gasteiger partial charge in [-0.15, -0.1) is 0 Å². The number of carbonyl (C=O) groups excluding carboxylic acids is 2. The van der Waals surface area contributed by atoms with Crippen LogP contribution in [0.15, 0.2) is 42.1 Å². The van der Waals surface area contributed by atoms with Gasteiger partial charge in [-0.2, -0.15) is 5.26 Å². The fourth-order valence-corrected chi connectivity index (χ4v) is 1.93. The van der Waals surface area contributed by atoms with Crippen LogP contribution in [0.1, 0.15) is 18.9 Å². The lowest BCUT2D eigenvalue weighted by Gasteiger charge is -2.20. The monoisotopic (exact) mass is 315 g/mol. The van der Waals surface area contributed by atoms with Crippen LogP contribution in [-0.2, 0) is 20.7 Å². The molecule has 0 radical (unpaired) electrons. The molecule has 1 aromatic rings. The van der Waals surface area contributed by atoms with Gasteiger partial charge in [-0.3, -0.25) is 4.79 Å². The molecule has 0 saturated carbocycles. The first-order chi connectivity index (χ1) is 11.1. The highest BCUT2D eigenvalue weighted by Crippen LogP contribution is 2.06. The Balaban J connectivity index is 2.79. The minimum atomic E-state index is -0.668. The first kappa shape index (κ1) is 18.2. The third-order valence-corrected chi connectivity index (χ3v) is 3.10. The molecule has 6 nitrogen and oxygen atoms in total. The maximum Gasteiger partial charge on any atom is 0.350 e. The standard InChI is InChI=1S/C17H21N3O3/c1-2-23-17(22)15(12-18)13-20(11-9-16(19)21)10-8-14-6-4-3-5-7-14/h3-7,13H,2,8-11H2,1H3,(H2,19,21)/b15-13+. The Morgan fingerprint density at radius 2 is 2.00 bits per heavy atom.